The predicted octanol–water partition coefficient (Wildman–Crippen LogP) is 4.22. The van der Waals surface area contributed by atoms with Gasteiger partial charge in [0.2, 0.25) is 5.88 Å². The fourth-order valence-electron chi connectivity index (χ4n) is 3.40. The number of aryl methyl sites for hydroxylation is 1. The molecule has 1 aromatic carbocycles. The van der Waals surface area contributed by atoms with Gasteiger partial charge < -0.3 is 4.74 Å². The molecule has 0 radical (unpaired) electrons. The van der Waals surface area contributed by atoms with E-state index < -0.39 is 11.6 Å². The van der Waals surface area contributed by atoms with Gasteiger partial charge in [-0.3, -0.25) is 9.36 Å². The van der Waals surface area contributed by atoms with Crippen LogP contribution in [0.5, 0.6) is 5.88 Å². The van der Waals surface area contributed by atoms with E-state index in [4.69, 9.17) is 4.74 Å². The smallest absolute Gasteiger partial charge is 0.260 e. The Balaban J connectivity index is 1.84. The SMILES string of the molecule is Cc1c(OCc2ccc(F)cc2F)nc(C)n(C2CCCCC2)c1=O. The molecule has 1 heterocycles. The fourth-order valence-corrected chi connectivity index (χ4v) is 3.40. The van der Waals surface area contributed by atoms with Crippen molar-refractivity contribution in [1.82, 2.24) is 9.55 Å². The maximum absolute atomic E-state index is 13.7. The van der Waals surface area contributed by atoms with Gasteiger partial charge in [-0.1, -0.05) is 19.3 Å². The third-order valence-corrected chi connectivity index (χ3v) is 4.79. The lowest BCUT2D eigenvalue weighted by Gasteiger charge is -2.26. The second-order valence-electron chi connectivity index (χ2n) is 6.58. The van der Waals surface area contributed by atoms with E-state index in [1.807, 2.05) is 0 Å². The molecule has 3 rings (SSSR count). The van der Waals surface area contributed by atoms with Crippen molar-refractivity contribution >= 4 is 0 Å². The summed E-state index contributed by atoms with van der Waals surface area (Å²) in [6.45, 7) is 3.36. The lowest BCUT2D eigenvalue weighted by atomic mass is 9.95. The van der Waals surface area contributed by atoms with Gasteiger partial charge in [0.05, 0.1) is 5.56 Å². The highest BCUT2D eigenvalue weighted by Gasteiger charge is 2.21. The fraction of sp³-hybridized carbons (Fsp3) is 0.474. The summed E-state index contributed by atoms with van der Waals surface area (Å²) in [5.74, 6) is -0.498. The van der Waals surface area contributed by atoms with E-state index in [9.17, 15) is 13.6 Å². The van der Waals surface area contributed by atoms with Gasteiger partial charge in [-0.05, 0) is 38.8 Å². The Hall–Kier alpha value is -2.24. The van der Waals surface area contributed by atoms with E-state index in [0.717, 1.165) is 31.7 Å². The number of benzene rings is 1. The molecule has 0 bridgehead atoms. The van der Waals surface area contributed by atoms with E-state index in [1.165, 1.54) is 18.6 Å². The maximum atomic E-state index is 13.7. The van der Waals surface area contributed by atoms with Crippen LogP contribution in [0, 0.1) is 25.5 Å². The molecule has 1 fully saturated rings. The van der Waals surface area contributed by atoms with Crippen molar-refractivity contribution in [2.75, 3.05) is 0 Å². The van der Waals surface area contributed by atoms with E-state index in [0.29, 0.717) is 11.4 Å². The summed E-state index contributed by atoms with van der Waals surface area (Å²) < 4.78 is 34.0. The minimum absolute atomic E-state index is 0.103. The Kier molecular flexibility index (Phi) is 5.16. The van der Waals surface area contributed by atoms with Crippen LogP contribution in [0.2, 0.25) is 0 Å². The zero-order chi connectivity index (χ0) is 18.0. The first-order valence-electron chi connectivity index (χ1n) is 8.64. The monoisotopic (exact) mass is 348 g/mol. The Bertz CT molecular complexity index is 827. The van der Waals surface area contributed by atoms with Gasteiger partial charge in [0.25, 0.3) is 5.56 Å². The van der Waals surface area contributed by atoms with Gasteiger partial charge >= 0.3 is 0 Å². The molecule has 1 saturated carbocycles. The summed E-state index contributed by atoms with van der Waals surface area (Å²) >= 11 is 0. The van der Waals surface area contributed by atoms with Crippen molar-refractivity contribution < 1.29 is 13.5 Å². The molecule has 1 aliphatic rings. The third-order valence-electron chi connectivity index (χ3n) is 4.79. The minimum Gasteiger partial charge on any atom is -0.472 e. The zero-order valence-electron chi connectivity index (χ0n) is 14.5. The van der Waals surface area contributed by atoms with Gasteiger partial charge in [0.15, 0.2) is 0 Å². The first-order chi connectivity index (χ1) is 12.0. The Morgan fingerprint density at radius 1 is 1.20 bits per heavy atom. The summed E-state index contributed by atoms with van der Waals surface area (Å²) in [6.07, 6.45) is 5.43. The summed E-state index contributed by atoms with van der Waals surface area (Å²) in [5.41, 5.74) is 0.532. The minimum atomic E-state index is -0.676. The Morgan fingerprint density at radius 2 is 1.92 bits per heavy atom. The van der Waals surface area contributed by atoms with Gasteiger partial charge in [0.1, 0.15) is 24.1 Å². The highest BCUT2D eigenvalue weighted by molar-refractivity contribution is 5.25. The lowest BCUT2D eigenvalue weighted by Crippen LogP contribution is -2.31. The quantitative estimate of drug-likeness (QED) is 0.831. The highest BCUT2D eigenvalue weighted by atomic mass is 19.1. The average molecular weight is 348 g/mol. The van der Waals surface area contributed by atoms with Crippen LogP contribution < -0.4 is 10.3 Å². The largest absolute Gasteiger partial charge is 0.472 e. The van der Waals surface area contributed by atoms with Crippen LogP contribution in [-0.4, -0.2) is 9.55 Å². The van der Waals surface area contributed by atoms with Gasteiger partial charge in [0, 0.05) is 17.7 Å². The molecule has 0 N–H and O–H groups in total. The van der Waals surface area contributed by atoms with E-state index in [2.05, 4.69) is 4.98 Å². The summed E-state index contributed by atoms with van der Waals surface area (Å²) in [5, 5.41) is 0. The standard InChI is InChI=1S/C19H22F2N2O2/c1-12-18(25-11-14-8-9-15(20)10-17(14)21)22-13(2)23(19(12)24)16-6-4-3-5-7-16/h8-10,16H,3-7,11H2,1-2H3. The van der Waals surface area contributed by atoms with E-state index in [1.54, 1.807) is 18.4 Å². The van der Waals surface area contributed by atoms with Crippen molar-refractivity contribution in [3.63, 3.8) is 0 Å². The van der Waals surface area contributed by atoms with Crippen molar-refractivity contribution in [2.24, 2.45) is 0 Å². The van der Waals surface area contributed by atoms with Gasteiger partial charge in [-0.25, -0.2) is 8.78 Å². The number of nitrogens with zero attached hydrogens (tertiary/aromatic N) is 2. The number of hydrogen-bond donors (Lipinski definition) is 0. The molecule has 0 unspecified atom stereocenters. The molecule has 25 heavy (non-hydrogen) atoms. The van der Waals surface area contributed by atoms with Gasteiger partial charge in [-0.15, -0.1) is 0 Å². The summed E-state index contributed by atoms with van der Waals surface area (Å²) in [6, 6.07) is 3.51. The molecule has 6 heteroatoms. The molecule has 1 aliphatic carbocycles. The number of halogens is 2. The maximum Gasteiger partial charge on any atom is 0.260 e. The molecule has 0 aliphatic heterocycles. The first-order valence-corrected chi connectivity index (χ1v) is 8.64. The molecule has 2 aromatic rings. The van der Waals surface area contributed by atoms with Crippen LogP contribution in [0.15, 0.2) is 23.0 Å². The third kappa shape index (κ3) is 3.72. The second-order valence-corrected chi connectivity index (χ2v) is 6.58. The van der Waals surface area contributed by atoms with Crippen LogP contribution >= 0.6 is 0 Å². The van der Waals surface area contributed by atoms with E-state index >= 15 is 0 Å². The number of ether oxygens (including phenoxy) is 1. The average Bonchev–Trinajstić information content (AvgIpc) is 2.59. The molecule has 1 aromatic heterocycles. The Labute approximate surface area is 145 Å². The van der Waals surface area contributed by atoms with Crippen molar-refractivity contribution in [3.8, 4) is 5.88 Å². The molecule has 4 nitrogen and oxygen atoms in total. The number of aromatic nitrogens is 2. The molecular formula is C19H22F2N2O2. The predicted molar refractivity (Wildman–Crippen MR) is 90.8 cm³/mol. The van der Waals surface area contributed by atoms with Crippen LogP contribution in [-0.2, 0) is 6.61 Å². The first kappa shape index (κ1) is 17.6. The molecule has 0 spiro atoms. The van der Waals surface area contributed by atoms with Crippen molar-refractivity contribution in [1.29, 1.82) is 0 Å². The van der Waals surface area contributed by atoms with E-state index in [-0.39, 0.29) is 29.7 Å². The molecule has 0 saturated heterocycles. The topological polar surface area (TPSA) is 44.1 Å². The van der Waals surface area contributed by atoms with Crippen LogP contribution in [0.4, 0.5) is 8.78 Å². The summed E-state index contributed by atoms with van der Waals surface area (Å²) in [7, 11) is 0. The molecule has 134 valence electrons. The van der Waals surface area contributed by atoms with Gasteiger partial charge in [-0.2, -0.15) is 4.98 Å². The second kappa shape index (κ2) is 7.33. The zero-order valence-corrected chi connectivity index (χ0v) is 14.5. The normalized spacial score (nSPS) is 15.4. The Morgan fingerprint density at radius 3 is 2.60 bits per heavy atom. The number of hydrogen-bond acceptors (Lipinski definition) is 3. The van der Waals surface area contributed by atoms with Crippen LogP contribution in [0.3, 0.4) is 0 Å². The molecule has 0 atom stereocenters. The van der Waals surface area contributed by atoms with Crippen LogP contribution in [0.1, 0.15) is 55.1 Å². The summed E-state index contributed by atoms with van der Waals surface area (Å²) in [4.78, 5) is 17.2. The van der Waals surface area contributed by atoms with Crippen LogP contribution in [0.25, 0.3) is 0 Å². The van der Waals surface area contributed by atoms with Crippen molar-refractivity contribution in [2.45, 2.75) is 58.6 Å². The highest BCUT2D eigenvalue weighted by Crippen LogP contribution is 2.28. The molecule has 0 amide bonds. The molecular weight excluding hydrogens is 326 g/mol. The number of rotatable bonds is 4. The lowest BCUT2D eigenvalue weighted by molar-refractivity contribution is 0.276. The van der Waals surface area contributed by atoms with Crippen molar-refractivity contribution in [3.05, 3.63) is 57.1 Å².